The van der Waals surface area contributed by atoms with Crippen LogP contribution in [-0.2, 0) is 23.8 Å². The van der Waals surface area contributed by atoms with Crippen molar-refractivity contribution in [2.45, 2.75) is 20.8 Å². The van der Waals surface area contributed by atoms with Gasteiger partial charge in [-0.05, 0) is 26.8 Å². The van der Waals surface area contributed by atoms with Crippen molar-refractivity contribution in [1.29, 1.82) is 0 Å². The highest BCUT2D eigenvalue weighted by Gasteiger charge is 2.27. The third kappa shape index (κ3) is 5.83. The Morgan fingerprint density at radius 1 is 1.12 bits per heavy atom. The van der Waals surface area contributed by atoms with Crippen molar-refractivity contribution in [2.24, 2.45) is 0 Å². The number of anilines is 1. The van der Waals surface area contributed by atoms with E-state index in [1.165, 1.54) is 10.8 Å². The summed E-state index contributed by atoms with van der Waals surface area (Å²) in [7, 11) is 0. The number of hydrogen-bond acceptors (Lipinski definition) is 7. The van der Waals surface area contributed by atoms with E-state index in [1.807, 2.05) is 0 Å². The molecule has 0 aliphatic carbocycles. The number of rotatable bonds is 8. The zero-order valence-electron chi connectivity index (χ0n) is 14.5. The average Bonchev–Trinajstić information content (AvgIpc) is 2.56. The summed E-state index contributed by atoms with van der Waals surface area (Å²) in [5, 5.41) is 9.99. The molecule has 25 heavy (non-hydrogen) atoms. The first-order valence-corrected chi connectivity index (χ1v) is 7.83. The van der Waals surface area contributed by atoms with Crippen LogP contribution in [0.15, 0.2) is 42.1 Å². The fraction of sp³-hybridized carbons (Fsp3) is 0.353. The number of carbonyl (C=O) groups excluding carboxylic acids is 2. The van der Waals surface area contributed by atoms with Crippen molar-refractivity contribution in [2.75, 3.05) is 25.6 Å². The second-order valence-corrected chi connectivity index (χ2v) is 4.67. The molecule has 0 atom stereocenters. The highest BCUT2D eigenvalue weighted by atomic mass is 16.6. The molecule has 0 aliphatic rings. The molecular formula is C17H23N2O6+. The van der Waals surface area contributed by atoms with E-state index in [1.54, 1.807) is 39.1 Å². The summed E-state index contributed by atoms with van der Waals surface area (Å²) < 4.78 is 16.3. The predicted octanol–water partition coefficient (Wildman–Crippen LogP) is 1.33. The molecule has 0 amide bonds. The van der Waals surface area contributed by atoms with Gasteiger partial charge < -0.3 is 25.1 Å². The number of nitrogens with zero attached hydrogens (tertiary/aromatic N) is 1. The Kier molecular flexibility index (Phi) is 7.98. The zero-order chi connectivity index (χ0) is 18.8. The maximum atomic E-state index is 12.3. The zero-order valence-corrected chi connectivity index (χ0v) is 14.5. The summed E-state index contributed by atoms with van der Waals surface area (Å²) in [6.45, 7) is 5.27. The van der Waals surface area contributed by atoms with Crippen LogP contribution in [0, 0.1) is 0 Å². The van der Waals surface area contributed by atoms with Gasteiger partial charge >= 0.3 is 11.9 Å². The highest BCUT2D eigenvalue weighted by molar-refractivity contribution is 6.09. The van der Waals surface area contributed by atoms with Gasteiger partial charge in [0, 0.05) is 12.1 Å². The van der Waals surface area contributed by atoms with E-state index in [9.17, 15) is 14.7 Å². The van der Waals surface area contributed by atoms with E-state index in [2.05, 4.69) is 0 Å². The quantitative estimate of drug-likeness (QED) is 0.239. The molecule has 1 aromatic rings. The minimum atomic E-state index is -0.834. The Bertz CT molecular complexity index is 681. The summed E-state index contributed by atoms with van der Waals surface area (Å²) in [6, 6.07) is 3.26. The Balaban J connectivity index is 3.48. The number of aliphatic hydroxyl groups excluding tert-OH is 1. The number of aromatic nitrogens is 1. The minimum absolute atomic E-state index is 0.0385. The Labute approximate surface area is 146 Å². The maximum absolute atomic E-state index is 12.3. The lowest BCUT2D eigenvalue weighted by Crippen LogP contribution is -2.37. The van der Waals surface area contributed by atoms with Gasteiger partial charge in [0.2, 0.25) is 0 Å². The van der Waals surface area contributed by atoms with Crippen LogP contribution in [0.25, 0.3) is 5.70 Å². The van der Waals surface area contributed by atoms with Gasteiger partial charge in [-0.15, -0.1) is 0 Å². The first-order chi connectivity index (χ1) is 11.9. The fourth-order valence-corrected chi connectivity index (χ4v) is 1.86. The van der Waals surface area contributed by atoms with Gasteiger partial charge in [-0.1, -0.05) is 0 Å². The first-order valence-electron chi connectivity index (χ1n) is 7.83. The Morgan fingerprint density at radius 3 is 2.28 bits per heavy atom. The average molecular weight is 351 g/mol. The Morgan fingerprint density at radius 2 is 1.72 bits per heavy atom. The van der Waals surface area contributed by atoms with Crippen LogP contribution in [0.2, 0.25) is 0 Å². The molecule has 1 aromatic heterocycles. The van der Waals surface area contributed by atoms with Crippen molar-refractivity contribution in [3.63, 3.8) is 0 Å². The number of nitrogen functional groups attached to an aromatic ring is 1. The Hall–Kier alpha value is -3.03. The van der Waals surface area contributed by atoms with Gasteiger partial charge in [0.1, 0.15) is 5.57 Å². The predicted molar refractivity (Wildman–Crippen MR) is 89.9 cm³/mol. The van der Waals surface area contributed by atoms with Gasteiger partial charge in [0.15, 0.2) is 12.4 Å². The highest BCUT2D eigenvalue weighted by Crippen LogP contribution is 2.13. The third-order valence-corrected chi connectivity index (χ3v) is 2.87. The van der Waals surface area contributed by atoms with Crippen LogP contribution >= 0.6 is 0 Å². The van der Waals surface area contributed by atoms with Crippen molar-refractivity contribution in [3.8, 4) is 0 Å². The molecule has 0 aromatic carbocycles. The fourth-order valence-electron chi connectivity index (χ4n) is 1.86. The van der Waals surface area contributed by atoms with Crippen molar-refractivity contribution in [3.05, 3.63) is 42.1 Å². The number of hydrogen-bond donors (Lipinski definition) is 2. The molecule has 3 N–H and O–H groups in total. The molecule has 0 radical (unpaired) electrons. The number of ether oxygens (including phenoxy) is 3. The number of esters is 2. The van der Waals surface area contributed by atoms with E-state index >= 15 is 0 Å². The minimum Gasteiger partial charge on any atom is -0.480 e. The van der Waals surface area contributed by atoms with E-state index < -0.39 is 17.9 Å². The number of nitrogens with two attached hydrogens (primary N) is 1. The van der Waals surface area contributed by atoms with Crippen molar-refractivity contribution in [1.82, 2.24) is 0 Å². The van der Waals surface area contributed by atoms with Gasteiger partial charge in [-0.2, -0.15) is 4.57 Å². The number of pyridine rings is 1. The first kappa shape index (κ1) is 20.0. The third-order valence-electron chi connectivity index (χ3n) is 2.87. The standard InChI is InChI=1S/C17H22N2O6/c1-4-23-15(20)13(16(21)24-5-2)10-14(17(22)25-6-3)19-9-7-8-12(18)11-19/h7-11H,4-6,18H2,1-3H3/p+1. The topological polar surface area (TPSA) is 112 Å². The second-order valence-electron chi connectivity index (χ2n) is 4.67. The normalized spacial score (nSPS) is 12.2. The smallest absolute Gasteiger partial charge is 0.404 e. The monoisotopic (exact) mass is 351 g/mol. The van der Waals surface area contributed by atoms with E-state index in [4.69, 9.17) is 19.9 Å². The van der Waals surface area contributed by atoms with Crippen LogP contribution in [0.4, 0.5) is 5.69 Å². The van der Waals surface area contributed by atoms with Crippen LogP contribution < -0.4 is 10.3 Å². The van der Waals surface area contributed by atoms with E-state index in [0.717, 1.165) is 6.08 Å². The van der Waals surface area contributed by atoms with Crippen LogP contribution in [0.5, 0.6) is 0 Å². The van der Waals surface area contributed by atoms with Gasteiger partial charge in [-0.3, -0.25) is 0 Å². The lowest BCUT2D eigenvalue weighted by molar-refractivity contribution is -0.577. The van der Waals surface area contributed by atoms with E-state index in [-0.39, 0.29) is 31.1 Å². The largest absolute Gasteiger partial charge is 0.480 e. The number of aliphatic hydroxyl groups is 1. The maximum Gasteiger partial charge on any atom is 0.404 e. The molecule has 1 rings (SSSR count). The molecule has 0 spiro atoms. The molecule has 136 valence electrons. The van der Waals surface area contributed by atoms with Crippen molar-refractivity contribution >= 4 is 23.3 Å². The summed E-state index contributed by atoms with van der Waals surface area (Å²) >= 11 is 0. The molecule has 0 saturated heterocycles. The van der Waals surface area contributed by atoms with Gasteiger partial charge in [0.05, 0.1) is 25.5 Å². The van der Waals surface area contributed by atoms with Gasteiger partial charge in [0.25, 0.3) is 11.6 Å². The molecule has 0 unspecified atom stereocenters. The summed E-state index contributed by atoms with van der Waals surface area (Å²) in [6.07, 6.45) is 4.17. The molecule has 0 aliphatic heterocycles. The lowest BCUT2D eigenvalue weighted by Gasteiger charge is -2.08. The molecule has 8 heteroatoms. The van der Waals surface area contributed by atoms with E-state index in [0.29, 0.717) is 5.69 Å². The van der Waals surface area contributed by atoms with Crippen LogP contribution in [0.3, 0.4) is 0 Å². The van der Waals surface area contributed by atoms with Crippen LogP contribution in [-0.4, -0.2) is 36.9 Å². The van der Waals surface area contributed by atoms with Crippen LogP contribution in [0.1, 0.15) is 20.8 Å². The molecule has 1 heterocycles. The second kappa shape index (κ2) is 9.96. The molecular weight excluding hydrogens is 328 g/mol. The number of carbonyl (C=O) groups is 2. The SMILES string of the molecule is CCOC(=O)/C(=C/C(C(=O)OCC)=C(\O)OCC)[n+]1cccc(N)c1. The summed E-state index contributed by atoms with van der Waals surface area (Å²) in [5.41, 5.74) is 5.79. The summed E-state index contributed by atoms with van der Waals surface area (Å²) in [4.78, 5) is 24.4. The molecule has 0 bridgehead atoms. The summed E-state index contributed by atoms with van der Waals surface area (Å²) in [5.74, 6) is -2.18. The molecule has 0 fully saturated rings. The molecule has 8 nitrogen and oxygen atoms in total. The lowest BCUT2D eigenvalue weighted by atomic mass is 10.2. The van der Waals surface area contributed by atoms with Crippen molar-refractivity contribution < 1.29 is 33.5 Å². The van der Waals surface area contributed by atoms with Gasteiger partial charge in [-0.25, -0.2) is 9.59 Å². The molecule has 0 saturated carbocycles.